The van der Waals surface area contributed by atoms with E-state index in [-0.39, 0.29) is 36.4 Å². The fraction of sp³-hybridized carbons (Fsp3) is 0.406. The number of carboxylic acids is 1. The van der Waals surface area contributed by atoms with Gasteiger partial charge in [-0.25, -0.2) is 9.98 Å². The Bertz CT molecular complexity index is 1620. The number of piperazine rings is 1. The van der Waals surface area contributed by atoms with Crippen LogP contribution in [0.25, 0.3) is 5.70 Å². The minimum Gasteiger partial charge on any atom is -0.480 e. The van der Waals surface area contributed by atoms with Crippen LogP contribution in [-0.2, 0) is 15.8 Å². The summed E-state index contributed by atoms with van der Waals surface area (Å²) in [5.41, 5.74) is 7.64. The van der Waals surface area contributed by atoms with Crippen molar-refractivity contribution in [3.8, 4) is 0 Å². The number of piperidine rings is 1. The molecule has 0 bridgehead atoms. The number of hydrogen-bond acceptors (Lipinski definition) is 10. The number of carbonyl (C=O) groups excluding carboxylic acids is 2. The SMILES string of the molecule is CC(C)(C(=O)O)N1CC(=O)N2CC(C3NC(c4ccc(C=O)cc4)=C4C(N)=NC=CN43)CC[C@H]2C1.CNc1cc(C(F)(F)F)ccn1. The Morgan fingerprint density at radius 3 is 2.51 bits per heavy atom. The number of fused-ring (bicyclic) bond motifs is 2. The Hall–Kier alpha value is -4.92. The number of alkyl halides is 3. The van der Waals surface area contributed by atoms with Gasteiger partial charge >= 0.3 is 12.1 Å². The van der Waals surface area contributed by atoms with E-state index in [0.717, 1.165) is 54.4 Å². The van der Waals surface area contributed by atoms with Crippen molar-refractivity contribution in [2.75, 3.05) is 32.0 Å². The number of rotatable bonds is 6. The Morgan fingerprint density at radius 1 is 1.15 bits per heavy atom. The number of aliphatic carboxylic acids is 1. The van der Waals surface area contributed by atoms with Gasteiger partial charge < -0.3 is 31.3 Å². The zero-order valence-corrected chi connectivity index (χ0v) is 26.2. The molecule has 2 aromatic rings. The van der Waals surface area contributed by atoms with E-state index < -0.39 is 23.2 Å². The number of nitrogens with two attached hydrogens (primary N) is 1. The van der Waals surface area contributed by atoms with Crippen LogP contribution in [-0.4, -0.2) is 93.2 Å². The number of nitrogens with zero attached hydrogens (tertiary/aromatic N) is 5. The monoisotopic (exact) mass is 654 g/mol. The van der Waals surface area contributed by atoms with Crippen molar-refractivity contribution in [1.82, 2.24) is 25.0 Å². The van der Waals surface area contributed by atoms with E-state index in [1.54, 1.807) is 37.1 Å². The standard InChI is InChI=1S/C25H30N6O4.C7H7F3N2/c1-25(2,24(34)35)29-12-18-8-7-17(11-31(18)19(33)13-29)23-28-20(16-5-3-15(14-32)4-6-16)21-22(26)27-9-10-30(21)23;1-11-6-4-5(2-3-12-6)7(8,9)10/h3-6,9-10,14,17-18,23,28H,7-8,11-13H2,1-2H3,(H2,26,27)(H,34,35);2-4H,1H3,(H,11,12)/t17?,18-,23?;/m0./s1. The molecule has 250 valence electrons. The smallest absolute Gasteiger partial charge is 0.416 e. The van der Waals surface area contributed by atoms with Crippen LogP contribution in [0.5, 0.6) is 0 Å². The number of amides is 1. The summed E-state index contributed by atoms with van der Waals surface area (Å²) in [7, 11) is 1.52. The van der Waals surface area contributed by atoms with E-state index in [0.29, 0.717) is 24.5 Å². The lowest BCUT2D eigenvalue weighted by molar-refractivity contribution is -0.158. The molecule has 47 heavy (non-hydrogen) atoms. The third kappa shape index (κ3) is 6.80. The molecule has 6 rings (SSSR count). The second kappa shape index (κ2) is 13.1. The summed E-state index contributed by atoms with van der Waals surface area (Å²) < 4.78 is 36.1. The molecule has 5 heterocycles. The number of pyridine rings is 1. The molecule has 0 aliphatic carbocycles. The Kier molecular flexibility index (Phi) is 9.29. The van der Waals surface area contributed by atoms with Gasteiger partial charge in [-0.15, -0.1) is 0 Å². The zero-order chi connectivity index (χ0) is 34.1. The number of benzene rings is 1. The van der Waals surface area contributed by atoms with Crippen LogP contribution in [0.3, 0.4) is 0 Å². The summed E-state index contributed by atoms with van der Waals surface area (Å²) in [6.07, 6.45) is 2.76. The minimum atomic E-state index is -4.30. The Morgan fingerprint density at radius 2 is 1.87 bits per heavy atom. The Labute approximate surface area is 269 Å². The largest absolute Gasteiger partial charge is 0.480 e. The number of anilines is 1. The topological polar surface area (TPSA) is 156 Å². The van der Waals surface area contributed by atoms with Gasteiger partial charge in [-0.05, 0) is 44.4 Å². The maximum atomic E-state index is 13.1. The average Bonchev–Trinajstić information content (AvgIpc) is 3.45. The van der Waals surface area contributed by atoms with Gasteiger partial charge in [-0.3, -0.25) is 19.3 Å². The first kappa shape index (κ1) is 33.4. The highest BCUT2D eigenvalue weighted by atomic mass is 19.4. The average molecular weight is 655 g/mol. The molecule has 12 nitrogen and oxygen atoms in total. The lowest BCUT2D eigenvalue weighted by atomic mass is 9.87. The van der Waals surface area contributed by atoms with E-state index in [1.165, 1.54) is 7.05 Å². The van der Waals surface area contributed by atoms with Crippen LogP contribution in [0.15, 0.2) is 65.7 Å². The van der Waals surface area contributed by atoms with E-state index in [1.807, 2.05) is 23.2 Å². The number of aromatic nitrogens is 1. The summed E-state index contributed by atoms with van der Waals surface area (Å²) in [6.45, 7) is 4.53. The van der Waals surface area contributed by atoms with Crippen molar-refractivity contribution in [2.24, 2.45) is 16.6 Å². The number of hydrogen-bond donors (Lipinski definition) is 4. The lowest BCUT2D eigenvalue weighted by Gasteiger charge is -2.50. The molecule has 5 N–H and O–H groups in total. The summed E-state index contributed by atoms with van der Waals surface area (Å²) in [5, 5.41) is 15.8. The quantitative estimate of drug-likeness (QED) is 0.341. The molecule has 2 saturated heterocycles. The van der Waals surface area contributed by atoms with E-state index >= 15 is 0 Å². The summed E-state index contributed by atoms with van der Waals surface area (Å²) >= 11 is 0. The van der Waals surface area contributed by atoms with Gasteiger partial charge in [0.05, 0.1) is 17.8 Å². The van der Waals surface area contributed by atoms with Crippen molar-refractivity contribution in [2.45, 2.75) is 50.6 Å². The van der Waals surface area contributed by atoms with Gasteiger partial charge in [0.15, 0.2) is 0 Å². The minimum absolute atomic E-state index is 0.00107. The predicted molar refractivity (Wildman–Crippen MR) is 169 cm³/mol. The number of carboxylic acid groups (broad SMARTS) is 1. The number of aldehydes is 1. The molecule has 1 amide bonds. The third-order valence-corrected chi connectivity index (χ3v) is 9.03. The maximum absolute atomic E-state index is 13.1. The zero-order valence-electron chi connectivity index (χ0n) is 26.2. The van der Waals surface area contributed by atoms with Crippen LogP contribution in [0.2, 0.25) is 0 Å². The molecular formula is C32H37F3N8O4. The van der Waals surface area contributed by atoms with E-state index in [9.17, 15) is 32.7 Å². The van der Waals surface area contributed by atoms with E-state index in [2.05, 4.69) is 25.5 Å². The van der Waals surface area contributed by atoms with Gasteiger partial charge in [-0.1, -0.05) is 24.3 Å². The molecule has 0 spiro atoms. The highest BCUT2D eigenvalue weighted by molar-refractivity contribution is 6.05. The first-order valence-electron chi connectivity index (χ1n) is 15.1. The van der Waals surface area contributed by atoms with Gasteiger partial charge in [0, 0.05) is 56.3 Å². The molecule has 0 saturated carbocycles. The molecule has 15 heteroatoms. The normalized spacial score (nSPS) is 22.8. The number of carbonyl (C=O) groups is 3. The van der Waals surface area contributed by atoms with Gasteiger partial charge in [0.2, 0.25) is 5.91 Å². The van der Waals surface area contributed by atoms with Crippen LogP contribution in [0.4, 0.5) is 19.0 Å². The summed E-state index contributed by atoms with van der Waals surface area (Å²) in [4.78, 5) is 49.7. The number of nitrogens with one attached hydrogen (secondary N) is 2. The molecule has 2 fully saturated rings. The van der Waals surface area contributed by atoms with Crippen LogP contribution < -0.4 is 16.4 Å². The van der Waals surface area contributed by atoms with Crippen molar-refractivity contribution < 1.29 is 32.7 Å². The van der Waals surface area contributed by atoms with Crippen LogP contribution in [0, 0.1) is 5.92 Å². The second-order valence-electron chi connectivity index (χ2n) is 12.2. The van der Waals surface area contributed by atoms with Gasteiger partial charge in [0.25, 0.3) is 0 Å². The number of halogens is 3. The van der Waals surface area contributed by atoms with Crippen molar-refractivity contribution in [3.63, 3.8) is 0 Å². The fourth-order valence-electron chi connectivity index (χ4n) is 6.21. The van der Waals surface area contributed by atoms with Gasteiger partial charge in [0.1, 0.15) is 35.3 Å². The first-order valence-corrected chi connectivity index (χ1v) is 15.1. The fourth-order valence-corrected chi connectivity index (χ4v) is 6.21. The van der Waals surface area contributed by atoms with Gasteiger partial charge in [-0.2, -0.15) is 13.2 Å². The van der Waals surface area contributed by atoms with Crippen LogP contribution in [0.1, 0.15) is 48.2 Å². The molecule has 4 aliphatic rings. The molecule has 4 aliphatic heterocycles. The molecule has 1 aromatic heterocycles. The summed E-state index contributed by atoms with van der Waals surface area (Å²) in [5.74, 6) is -0.208. The Balaban J connectivity index is 0.000000305. The lowest BCUT2D eigenvalue weighted by Crippen LogP contribution is -2.66. The number of amidine groups is 1. The molecule has 0 radical (unpaired) electrons. The van der Waals surface area contributed by atoms with Crippen molar-refractivity contribution in [3.05, 3.63) is 77.4 Å². The molecule has 1 aromatic carbocycles. The highest BCUT2D eigenvalue weighted by Crippen LogP contribution is 2.38. The second-order valence-corrected chi connectivity index (χ2v) is 12.2. The third-order valence-electron chi connectivity index (χ3n) is 9.03. The van der Waals surface area contributed by atoms with Crippen molar-refractivity contribution >= 4 is 35.5 Å². The predicted octanol–water partition coefficient (Wildman–Crippen LogP) is 3.17. The molecule has 2 unspecified atom stereocenters. The van der Waals surface area contributed by atoms with Crippen molar-refractivity contribution in [1.29, 1.82) is 0 Å². The number of aliphatic imine (C=N–C) groups is 1. The highest BCUT2D eigenvalue weighted by Gasteiger charge is 2.47. The van der Waals surface area contributed by atoms with Crippen LogP contribution >= 0.6 is 0 Å². The maximum Gasteiger partial charge on any atom is 0.416 e. The summed E-state index contributed by atoms with van der Waals surface area (Å²) in [6, 6.07) is 9.19. The van der Waals surface area contributed by atoms with E-state index in [4.69, 9.17) is 5.73 Å². The first-order chi connectivity index (χ1) is 22.2. The molecule has 3 atom stereocenters. The molecular weight excluding hydrogens is 617 g/mol.